The monoisotopic (exact) mass is 499 g/mol. The van der Waals surface area contributed by atoms with E-state index in [1.807, 2.05) is 81.4 Å². The van der Waals surface area contributed by atoms with Gasteiger partial charge in [0.05, 0.1) is 10.3 Å². The van der Waals surface area contributed by atoms with Crippen LogP contribution in [0.2, 0.25) is 0 Å². The fraction of sp³-hybridized carbons (Fsp3) is 0.290. The Bertz CT molecular complexity index is 1560. The summed E-state index contributed by atoms with van der Waals surface area (Å²) >= 11 is 0. The SMILES string of the molecule is CC(C)(C)C(=O)Cc1cccc(-c2cccc(-c3cc(C(C)(C)S(C)(=O)=O)cc4cccnc34)c2)c1. The predicted molar refractivity (Wildman–Crippen MR) is 149 cm³/mol. The lowest BCUT2D eigenvalue weighted by Gasteiger charge is -2.24. The Labute approximate surface area is 214 Å². The van der Waals surface area contributed by atoms with Gasteiger partial charge in [0.1, 0.15) is 5.78 Å². The summed E-state index contributed by atoms with van der Waals surface area (Å²) in [4.78, 5) is 17.2. The molecule has 4 rings (SSSR count). The first-order valence-electron chi connectivity index (χ1n) is 12.1. The van der Waals surface area contributed by atoms with Gasteiger partial charge in [-0.25, -0.2) is 8.42 Å². The summed E-state index contributed by atoms with van der Waals surface area (Å²) in [6.07, 6.45) is 3.43. The molecule has 5 heteroatoms. The number of aromatic nitrogens is 1. The summed E-state index contributed by atoms with van der Waals surface area (Å²) in [5.74, 6) is 0.205. The van der Waals surface area contributed by atoms with Crippen LogP contribution in [0.5, 0.6) is 0 Å². The third-order valence-corrected chi connectivity index (χ3v) is 9.05. The molecule has 0 spiro atoms. The molecule has 4 nitrogen and oxygen atoms in total. The molecule has 4 aromatic rings. The number of rotatable bonds is 6. The molecule has 1 heterocycles. The van der Waals surface area contributed by atoms with Gasteiger partial charge < -0.3 is 0 Å². The van der Waals surface area contributed by atoms with E-state index in [-0.39, 0.29) is 11.2 Å². The number of sulfone groups is 1. The lowest BCUT2D eigenvalue weighted by atomic mass is 9.86. The van der Waals surface area contributed by atoms with Crippen molar-refractivity contribution in [1.29, 1.82) is 0 Å². The highest BCUT2D eigenvalue weighted by Crippen LogP contribution is 2.37. The average Bonchev–Trinajstić information content (AvgIpc) is 2.82. The minimum Gasteiger partial charge on any atom is -0.299 e. The summed E-state index contributed by atoms with van der Waals surface area (Å²) in [7, 11) is -3.35. The van der Waals surface area contributed by atoms with Crippen LogP contribution in [0.3, 0.4) is 0 Å². The fourth-order valence-electron chi connectivity index (χ4n) is 4.15. The molecular weight excluding hydrogens is 466 g/mol. The number of carbonyl (C=O) groups is 1. The molecule has 0 saturated carbocycles. The minimum absolute atomic E-state index is 0.205. The first-order valence-corrected chi connectivity index (χ1v) is 14.0. The first-order chi connectivity index (χ1) is 16.8. The van der Waals surface area contributed by atoms with Gasteiger partial charge in [0, 0.05) is 35.2 Å². The van der Waals surface area contributed by atoms with E-state index in [1.165, 1.54) is 6.26 Å². The molecule has 0 fully saturated rings. The second-order valence-electron chi connectivity index (χ2n) is 11.0. The molecule has 0 N–H and O–H groups in total. The second kappa shape index (κ2) is 9.29. The van der Waals surface area contributed by atoms with Crippen LogP contribution in [0.25, 0.3) is 33.2 Å². The van der Waals surface area contributed by atoms with Crippen molar-refractivity contribution in [3.63, 3.8) is 0 Å². The lowest BCUT2D eigenvalue weighted by molar-refractivity contribution is -0.125. The van der Waals surface area contributed by atoms with Crippen molar-refractivity contribution in [2.45, 2.75) is 45.8 Å². The smallest absolute Gasteiger partial charge is 0.156 e. The van der Waals surface area contributed by atoms with Gasteiger partial charge in [-0.05, 0) is 65.9 Å². The molecule has 186 valence electrons. The van der Waals surface area contributed by atoms with Crippen molar-refractivity contribution >= 4 is 26.5 Å². The zero-order valence-electron chi connectivity index (χ0n) is 21.8. The van der Waals surface area contributed by atoms with Crippen LogP contribution in [-0.2, 0) is 25.8 Å². The maximum atomic E-state index is 12.6. The van der Waals surface area contributed by atoms with Crippen LogP contribution in [0, 0.1) is 5.41 Å². The Morgan fingerprint density at radius 2 is 1.44 bits per heavy atom. The summed E-state index contributed by atoms with van der Waals surface area (Å²) < 4.78 is 24.2. The number of ketones is 1. The summed E-state index contributed by atoms with van der Waals surface area (Å²) in [5, 5.41) is 0.898. The molecular formula is C31H33NO3S. The van der Waals surface area contributed by atoms with Crippen LogP contribution in [-0.4, -0.2) is 25.4 Å². The summed E-state index contributed by atoms with van der Waals surface area (Å²) in [6.45, 7) is 9.31. The molecule has 3 aromatic carbocycles. The summed E-state index contributed by atoms with van der Waals surface area (Å²) in [5.41, 5.74) is 6.06. The molecule has 1 aromatic heterocycles. The van der Waals surface area contributed by atoms with Crippen LogP contribution in [0.15, 0.2) is 79.0 Å². The maximum Gasteiger partial charge on any atom is 0.156 e. The Hall–Kier alpha value is -3.31. The Balaban J connectivity index is 1.82. The number of fused-ring (bicyclic) bond motifs is 1. The third-order valence-electron chi connectivity index (χ3n) is 6.96. The van der Waals surface area contributed by atoms with Crippen molar-refractivity contribution in [1.82, 2.24) is 4.98 Å². The summed E-state index contributed by atoms with van der Waals surface area (Å²) in [6, 6.07) is 24.0. The largest absolute Gasteiger partial charge is 0.299 e. The number of Topliss-reactive ketones (excluding diaryl/α,β-unsaturated/α-hetero) is 1. The zero-order chi connectivity index (χ0) is 26.3. The third kappa shape index (κ3) is 5.12. The highest BCUT2D eigenvalue weighted by molar-refractivity contribution is 7.91. The predicted octanol–water partition coefficient (Wildman–Crippen LogP) is 7.01. The molecule has 36 heavy (non-hydrogen) atoms. The van der Waals surface area contributed by atoms with E-state index in [1.54, 1.807) is 20.0 Å². The van der Waals surface area contributed by atoms with Crippen molar-refractivity contribution in [2.24, 2.45) is 5.41 Å². The van der Waals surface area contributed by atoms with E-state index in [0.717, 1.165) is 44.3 Å². The van der Waals surface area contributed by atoms with E-state index in [4.69, 9.17) is 0 Å². The Morgan fingerprint density at radius 3 is 2.11 bits per heavy atom. The van der Waals surface area contributed by atoms with Crippen LogP contribution < -0.4 is 0 Å². The minimum atomic E-state index is -3.35. The highest BCUT2D eigenvalue weighted by Gasteiger charge is 2.33. The maximum absolute atomic E-state index is 12.6. The van der Waals surface area contributed by atoms with Gasteiger partial charge in [0.15, 0.2) is 9.84 Å². The van der Waals surface area contributed by atoms with E-state index < -0.39 is 14.6 Å². The molecule has 0 atom stereocenters. The molecule has 0 saturated heterocycles. The molecule has 0 radical (unpaired) electrons. The quantitative estimate of drug-likeness (QED) is 0.286. The highest BCUT2D eigenvalue weighted by atomic mass is 32.2. The number of nitrogens with zero attached hydrogens (tertiary/aromatic N) is 1. The number of carbonyl (C=O) groups excluding carboxylic acids is 1. The van der Waals surface area contributed by atoms with Gasteiger partial charge >= 0.3 is 0 Å². The molecule has 0 aliphatic rings. The number of pyridine rings is 1. The van der Waals surface area contributed by atoms with E-state index in [9.17, 15) is 13.2 Å². The molecule has 0 amide bonds. The standard InChI is InChI=1S/C31H33NO3S/c1-30(2,3)28(33)17-21-10-7-11-22(16-21)23-12-8-13-24(18-23)27-20-26(31(4,5)36(6,34)35)19-25-14-9-15-32-29(25)27/h7-16,18-20H,17H2,1-6H3. The van der Waals surface area contributed by atoms with E-state index in [2.05, 4.69) is 17.1 Å². The van der Waals surface area contributed by atoms with E-state index in [0.29, 0.717) is 6.42 Å². The van der Waals surface area contributed by atoms with Crippen LogP contribution >= 0.6 is 0 Å². The van der Waals surface area contributed by atoms with Crippen molar-refractivity contribution in [3.8, 4) is 22.3 Å². The lowest BCUT2D eigenvalue weighted by Crippen LogP contribution is -2.28. The molecule has 0 aliphatic carbocycles. The number of hydrogen-bond donors (Lipinski definition) is 0. The van der Waals surface area contributed by atoms with Gasteiger partial charge in [0.25, 0.3) is 0 Å². The zero-order valence-corrected chi connectivity index (χ0v) is 22.6. The first kappa shape index (κ1) is 25.8. The van der Waals surface area contributed by atoms with Crippen molar-refractivity contribution in [2.75, 3.05) is 6.26 Å². The van der Waals surface area contributed by atoms with Crippen LogP contribution in [0.4, 0.5) is 0 Å². The molecule has 0 bridgehead atoms. The number of hydrogen-bond acceptors (Lipinski definition) is 4. The van der Waals surface area contributed by atoms with Gasteiger partial charge in [-0.3, -0.25) is 9.78 Å². The molecule has 0 aliphatic heterocycles. The number of benzene rings is 3. The van der Waals surface area contributed by atoms with Gasteiger partial charge in [0.2, 0.25) is 0 Å². The Morgan fingerprint density at radius 1 is 0.806 bits per heavy atom. The van der Waals surface area contributed by atoms with E-state index >= 15 is 0 Å². The van der Waals surface area contributed by atoms with Crippen molar-refractivity contribution < 1.29 is 13.2 Å². The van der Waals surface area contributed by atoms with Gasteiger partial charge in [-0.2, -0.15) is 0 Å². The van der Waals surface area contributed by atoms with Crippen LogP contribution in [0.1, 0.15) is 45.7 Å². The fourth-order valence-corrected chi connectivity index (χ4v) is 4.70. The Kier molecular flexibility index (Phi) is 6.65. The van der Waals surface area contributed by atoms with Gasteiger partial charge in [-0.1, -0.05) is 69.3 Å². The average molecular weight is 500 g/mol. The second-order valence-corrected chi connectivity index (χ2v) is 13.6. The molecule has 0 unspecified atom stereocenters. The van der Waals surface area contributed by atoms with Crippen molar-refractivity contribution in [3.05, 3.63) is 90.1 Å². The topological polar surface area (TPSA) is 64.1 Å². The van der Waals surface area contributed by atoms with Gasteiger partial charge in [-0.15, -0.1) is 0 Å². The normalized spacial score (nSPS) is 12.6.